The summed E-state index contributed by atoms with van der Waals surface area (Å²) in [4.78, 5) is 14.0. The van der Waals surface area contributed by atoms with E-state index in [9.17, 15) is 13.6 Å². The molecule has 1 fully saturated rings. The summed E-state index contributed by atoms with van der Waals surface area (Å²) in [6.45, 7) is 4.12. The summed E-state index contributed by atoms with van der Waals surface area (Å²) in [5, 5.41) is 3.12. The molecule has 116 valence electrons. The fourth-order valence-corrected chi connectivity index (χ4v) is 2.66. The Bertz CT molecular complexity index is 524. The SMILES string of the molecule is CCC(COC)N1C(=O)C(C)NC1c1ccc(F)c(F)c1. The van der Waals surface area contributed by atoms with Gasteiger partial charge in [0.2, 0.25) is 5.91 Å². The summed E-state index contributed by atoms with van der Waals surface area (Å²) in [5.41, 5.74) is 0.529. The average Bonchev–Trinajstić information content (AvgIpc) is 2.75. The number of hydrogen-bond acceptors (Lipinski definition) is 3. The van der Waals surface area contributed by atoms with Crippen LogP contribution in [0.3, 0.4) is 0 Å². The number of benzene rings is 1. The zero-order chi connectivity index (χ0) is 15.6. The minimum Gasteiger partial charge on any atom is -0.383 e. The summed E-state index contributed by atoms with van der Waals surface area (Å²) in [7, 11) is 1.58. The monoisotopic (exact) mass is 298 g/mol. The predicted octanol–water partition coefficient (Wildman–Crippen LogP) is 2.21. The van der Waals surface area contributed by atoms with E-state index in [-0.39, 0.29) is 18.0 Å². The number of amides is 1. The first-order valence-corrected chi connectivity index (χ1v) is 7.01. The molecular weight excluding hydrogens is 278 g/mol. The number of nitrogens with zero attached hydrogens (tertiary/aromatic N) is 1. The van der Waals surface area contributed by atoms with Gasteiger partial charge in [-0.2, -0.15) is 0 Å². The predicted molar refractivity (Wildman–Crippen MR) is 74.5 cm³/mol. The van der Waals surface area contributed by atoms with Gasteiger partial charge in [-0.15, -0.1) is 0 Å². The van der Waals surface area contributed by atoms with E-state index < -0.39 is 17.8 Å². The number of ether oxygens (including phenoxy) is 1. The maximum atomic E-state index is 13.5. The molecule has 2 rings (SSSR count). The van der Waals surface area contributed by atoms with Crippen LogP contribution in [0.5, 0.6) is 0 Å². The van der Waals surface area contributed by atoms with Crippen molar-refractivity contribution in [3.63, 3.8) is 0 Å². The van der Waals surface area contributed by atoms with Gasteiger partial charge in [0.15, 0.2) is 11.6 Å². The summed E-state index contributed by atoms with van der Waals surface area (Å²) >= 11 is 0. The number of carbonyl (C=O) groups is 1. The molecular formula is C15H20F2N2O2. The average molecular weight is 298 g/mol. The second-order valence-electron chi connectivity index (χ2n) is 5.23. The lowest BCUT2D eigenvalue weighted by Gasteiger charge is -2.32. The molecule has 1 aromatic rings. The third kappa shape index (κ3) is 3.06. The van der Waals surface area contributed by atoms with Gasteiger partial charge < -0.3 is 9.64 Å². The number of halogens is 2. The third-order valence-electron chi connectivity index (χ3n) is 3.79. The standard InChI is InChI=1S/C15H20F2N2O2/c1-4-11(8-21-3)19-14(18-9(2)15(19)20)10-5-6-12(16)13(17)7-10/h5-7,9,11,14,18H,4,8H2,1-3H3. The molecule has 1 aromatic carbocycles. The highest BCUT2D eigenvalue weighted by molar-refractivity contribution is 5.84. The summed E-state index contributed by atoms with van der Waals surface area (Å²) in [6, 6.07) is 3.22. The molecule has 1 saturated heterocycles. The fraction of sp³-hybridized carbons (Fsp3) is 0.533. The molecule has 0 spiro atoms. The van der Waals surface area contributed by atoms with Gasteiger partial charge in [-0.05, 0) is 31.0 Å². The quantitative estimate of drug-likeness (QED) is 0.906. The molecule has 6 heteroatoms. The summed E-state index contributed by atoms with van der Waals surface area (Å²) in [5.74, 6) is -1.87. The van der Waals surface area contributed by atoms with Crippen molar-refractivity contribution in [1.29, 1.82) is 0 Å². The van der Waals surface area contributed by atoms with Crippen molar-refractivity contribution >= 4 is 5.91 Å². The Hall–Kier alpha value is -1.53. The molecule has 1 heterocycles. The zero-order valence-corrected chi connectivity index (χ0v) is 12.4. The van der Waals surface area contributed by atoms with Crippen molar-refractivity contribution in [1.82, 2.24) is 10.2 Å². The molecule has 0 bridgehead atoms. The Kier molecular flexibility index (Phi) is 4.90. The van der Waals surface area contributed by atoms with Crippen LogP contribution in [-0.2, 0) is 9.53 Å². The molecule has 0 saturated carbocycles. The molecule has 1 N–H and O–H groups in total. The fourth-order valence-electron chi connectivity index (χ4n) is 2.66. The smallest absolute Gasteiger partial charge is 0.241 e. The number of hydrogen-bond donors (Lipinski definition) is 1. The molecule has 3 atom stereocenters. The highest BCUT2D eigenvalue weighted by atomic mass is 19.2. The minimum absolute atomic E-state index is 0.0615. The Morgan fingerprint density at radius 2 is 2.10 bits per heavy atom. The van der Waals surface area contributed by atoms with Crippen LogP contribution in [0.25, 0.3) is 0 Å². The van der Waals surface area contributed by atoms with Crippen molar-refractivity contribution in [2.75, 3.05) is 13.7 Å². The van der Waals surface area contributed by atoms with Gasteiger partial charge in [-0.25, -0.2) is 8.78 Å². The highest BCUT2D eigenvalue weighted by Crippen LogP contribution is 2.29. The van der Waals surface area contributed by atoms with Crippen LogP contribution in [0, 0.1) is 11.6 Å². The zero-order valence-electron chi connectivity index (χ0n) is 12.4. The Morgan fingerprint density at radius 1 is 1.38 bits per heavy atom. The molecule has 4 nitrogen and oxygen atoms in total. The molecule has 0 aliphatic carbocycles. The van der Waals surface area contributed by atoms with Crippen molar-refractivity contribution in [3.05, 3.63) is 35.4 Å². The maximum Gasteiger partial charge on any atom is 0.241 e. The number of rotatable bonds is 5. The second kappa shape index (κ2) is 6.49. The van der Waals surface area contributed by atoms with E-state index >= 15 is 0 Å². The van der Waals surface area contributed by atoms with Gasteiger partial charge in [0.05, 0.1) is 18.7 Å². The van der Waals surface area contributed by atoms with Crippen molar-refractivity contribution in [2.45, 2.75) is 38.5 Å². The van der Waals surface area contributed by atoms with Crippen molar-refractivity contribution < 1.29 is 18.3 Å². The molecule has 1 aliphatic rings. The Balaban J connectivity index is 2.34. The van der Waals surface area contributed by atoms with E-state index in [1.807, 2.05) is 6.92 Å². The van der Waals surface area contributed by atoms with Crippen LogP contribution in [0.1, 0.15) is 32.0 Å². The van der Waals surface area contributed by atoms with Crippen molar-refractivity contribution in [3.8, 4) is 0 Å². The van der Waals surface area contributed by atoms with Gasteiger partial charge >= 0.3 is 0 Å². The van der Waals surface area contributed by atoms with Crippen LogP contribution in [0.15, 0.2) is 18.2 Å². The molecule has 1 aliphatic heterocycles. The van der Waals surface area contributed by atoms with E-state index in [2.05, 4.69) is 5.32 Å². The molecule has 21 heavy (non-hydrogen) atoms. The van der Waals surface area contributed by atoms with Crippen LogP contribution in [-0.4, -0.2) is 36.6 Å². The third-order valence-corrected chi connectivity index (χ3v) is 3.79. The van der Waals surface area contributed by atoms with Crippen LogP contribution >= 0.6 is 0 Å². The van der Waals surface area contributed by atoms with E-state index in [1.54, 1.807) is 18.9 Å². The molecule has 0 aromatic heterocycles. The van der Waals surface area contributed by atoms with Gasteiger partial charge in [0.25, 0.3) is 0 Å². The first-order valence-electron chi connectivity index (χ1n) is 7.01. The number of carbonyl (C=O) groups excluding carboxylic acids is 1. The molecule has 1 amide bonds. The van der Waals surface area contributed by atoms with Crippen LogP contribution in [0.2, 0.25) is 0 Å². The first kappa shape index (κ1) is 15.9. The van der Waals surface area contributed by atoms with Gasteiger partial charge in [-0.3, -0.25) is 10.1 Å². The Morgan fingerprint density at radius 3 is 2.67 bits per heavy atom. The van der Waals surface area contributed by atoms with E-state index in [0.717, 1.165) is 12.1 Å². The highest BCUT2D eigenvalue weighted by Gasteiger charge is 2.40. The maximum absolute atomic E-state index is 13.5. The van der Waals surface area contributed by atoms with Gasteiger partial charge in [-0.1, -0.05) is 13.0 Å². The topological polar surface area (TPSA) is 41.6 Å². The minimum atomic E-state index is -0.916. The lowest BCUT2D eigenvalue weighted by molar-refractivity contribution is -0.133. The van der Waals surface area contributed by atoms with Crippen LogP contribution < -0.4 is 5.32 Å². The Labute approximate surface area is 123 Å². The number of nitrogens with one attached hydrogen (secondary N) is 1. The number of methoxy groups -OCH3 is 1. The van der Waals surface area contributed by atoms with E-state index in [1.165, 1.54) is 6.07 Å². The summed E-state index contributed by atoms with van der Waals surface area (Å²) < 4.78 is 31.7. The van der Waals surface area contributed by atoms with Gasteiger partial charge in [0, 0.05) is 7.11 Å². The second-order valence-corrected chi connectivity index (χ2v) is 5.23. The lowest BCUT2D eigenvalue weighted by Crippen LogP contribution is -2.42. The lowest BCUT2D eigenvalue weighted by atomic mass is 10.1. The largest absolute Gasteiger partial charge is 0.383 e. The molecule has 0 radical (unpaired) electrons. The van der Waals surface area contributed by atoms with E-state index in [4.69, 9.17) is 4.74 Å². The van der Waals surface area contributed by atoms with Crippen LogP contribution in [0.4, 0.5) is 8.78 Å². The first-order chi connectivity index (χ1) is 9.99. The molecule has 3 unspecified atom stereocenters. The van der Waals surface area contributed by atoms with Gasteiger partial charge in [0.1, 0.15) is 6.17 Å². The van der Waals surface area contributed by atoms with E-state index in [0.29, 0.717) is 18.6 Å². The normalized spacial score (nSPS) is 23.7. The summed E-state index contributed by atoms with van der Waals surface area (Å²) in [6.07, 6.45) is 0.247. The van der Waals surface area contributed by atoms with Crippen molar-refractivity contribution in [2.24, 2.45) is 0 Å².